The highest BCUT2D eigenvalue weighted by atomic mass is 16.5. The molecule has 4 rings (SSSR count). The van der Waals surface area contributed by atoms with Crippen LogP contribution in [0.3, 0.4) is 0 Å². The molecule has 0 radical (unpaired) electrons. The molecule has 2 saturated heterocycles. The third-order valence-corrected chi connectivity index (χ3v) is 6.11. The van der Waals surface area contributed by atoms with Crippen LogP contribution in [0.15, 0.2) is 48.9 Å². The third-order valence-electron chi connectivity index (χ3n) is 6.11. The van der Waals surface area contributed by atoms with Crippen LogP contribution in [0.25, 0.3) is 0 Å². The molecule has 3 heterocycles. The van der Waals surface area contributed by atoms with Gasteiger partial charge in [0.05, 0.1) is 11.8 Å². The minimum atomic E-state index is -0.104. The molecule has 28 heavy (non-hydrogen) atoms. The van der Waals surface area contributed by atoms with Crippen molar-refractivity contribution in [1.82, 2.24) is 19.8 Å². The molecule has 1 aromatic heterocycles. The van der Waals surface area contributed by atoms with Crippen LogP contribution in [-0.2, 0) is 11.3 Å². The lowest BCUT2D eigenvalue weighted by molar-refractivity contribution is -0.128. The molecule has 0 bridgehead atoms. The van der Waals surface area contributed by atoms with Crippen molar-refractivity contribution in [3.8, 4) is 0 Å². The second kappa shape index (κ2) is 8.37. The molecule has 6 nitrogen and oxygen atoms in total. The Labute approximate surface area is 166 Å². The van der Waals surface area contributed by atoms with Crippen molar-refractivity contribution in [2.45, 2.75) is 43.9 Å². The van der Waals surface area contributed by atoms with Crippen molar-refractivity contribution in [3.05, 3.63) is 60.2 Å². The van der Waals surface area contributed by atoms with Gasteiger partial charge in [-0.15, -0.1) is 0 Å². The van der Waals surface area contributed by atoms with Crippen LogP contribution in [0, 0.1) is 0 Å². The molecule has 1 atom stereocenters. The number of hydrogen-bond acceptors (Lipinski definition) is 5. The highest BCUT2D eigenvalue weighted by Crippen LogP contribution is 2.37. The predicted molar refractivity (Wildman–Crippen MR) is 107 cm³/mol. The molecule has 2 aliphatic rings. The Morgan fingerprint density at radius 2 is 2.04 bits per heavy atom. The monoisotopic (exact) mass is 380 g/mol. The zero-order chi connectivity index (χ0) is 19.4. The van der Waals surface area contributed by atoms with Crippen LogP contribution < -0.4 is 0 Å². The van der Waals surface area contributed by atoms with E-state index in [4.69, 9.17) is 4.74 Å². The first kappa shape index (κ1) is 19.0. The average molecular weight is 380 g/mol. The van der Waals surface area contributed by atoms with Gasteiger partial charge in [0.2, 0.25) is 0 Å². The topological polar surface area (TPSA) is 58.6 Å². The second-order valence-corrected chi connectivity index (χ2v) is 7.96. The van der Waals surface area contributed by atoms with Crippen molar-refractivity contribution in [2.75, 3.05) is 26.7 Å². The molecule has 1 unspecified atom stereocenters. The molecular formula is C22H28N4O2. The average Bonchev–Trinajstić information content (AvgIpc) is 2.75. The van der Waals surface area contributed by atoms with Gasteiger partial charge in [-0.1, -0.05) is 30.3 Å². The quantitative estimate of drug-likeness (QED) is 0.816. The zero-order valence-corrected chi connectivity index (χ0v) is 16.5. The summed E-state index contributed by atoms with van der Waals surface area (Å²) in [7, 11) is 2.21. The predicted octanol–water partition coefficient (Wildman–Crippen LogP) is 2.76. The lowest BCUT2D eigenvalue weighted by Crippen LogP contribution is -2.54. The van der Waals surface area contributed by atoms with Gasteiger partial charge in [-0.05, 0) is 38.3 Å². The van der Waals surface area contributed by atoms with E-state index >= 15 is 0 Å². The lowest BCUT2D eigenvalue weighted by Gasteiger charge is -2.48. The van der Waals surface area contributed by atoms with Gasteiger partial charge < -0.3 is 9.64 Å². The van der Waals surface area contributed by atoms with Gasteiger partial charge in [0.15, 0.2) is 0 Å². The van der Waals surface area contributed by atoms with Crippen molar-refractivity contribution in [2.24, 2.45) is 0 Å². The molecular weight excluding hydrogens is 352 g/mol. The van der Waals surface area contributed by atoms with Gasteiger partial charge in [0, 0.05) is 44.7 Å². The highest BCUT2D eigenvalue weighted by molar-refractivity contribution is 5.92. The van der Waals surface area contributed by atoms with E-state index in [-0.39, 0.29) is 11.5 Å². The SMILES string of the molecule is CN(Cc1ccccc1)C1CCOC2(CCN(C(=O)c3cnccn3)CC2)C1. The standard InChI is InChI=1S/C22H28N4O2/c1-25(17-18-5-3-2-4-6-18)19-7-14-28-22(15-19)8-12-26(13-9-22)21(27)20-16-23-10-11-24-20/h2-6,10-11,16,19H,7-9,12-15,17H2,1H3. The molecule has 1 amide bonds. The van der Waals surface area contributed by atoms with Crippen molar-refractivity contribution < 1.29 is 9.53 Å². The smallest absolute Gasteiger partial charge is 0.274 e. The Balaban J connectivity index is 1.35. The van der Waals surface area contributed by atoms with E-state index in [0.29, 0.717) is 24.8 Å². The summed E-state index contributed by atoms with van der Waals surface area (Å²) in [5.74, 6) is -0.0310. The fraction of sp³-hybridized carbons (Fsp3) is 0.500. The lowest BCUT2D eigenvalue weighted by atomic mass is 9.81. The first-order chi connectivity index (χ1) is 13.7. The summed E-state index contributed by atoms with van der Waals surface area (Å²) in [6, 6.07) is 11.1. The number of carbonyl (C=O) groups is 1. The van der Waals surface area contributed by atoms with E-state index < -0.39 is 0 Å². The van der Waals surface area contributed by atoms with Crippen LogP contribution in [0.5, 0.6) is 0 Å². The van der Waals surface area contributed by atoms with Gasteiger partial charge in [-0.25, -0.2) is 4.98 Å². The maximum atomic E-state index is 12.6. The maximum Gasteiger partial charge on any atom is 0.274 e. The molecule has 6 heteroatoms. The Morgan fingerprint density at radius 3 is 2.75 bits per heavy atom. The summed E-state index contributed by atoms with van der Waals surface area (Å²) in [5.41, 5.74) is 1.66. The minimum Gasteiger partial charge on any atom is -0.375 e. The van der Waals surface area contributed by atoms with Crippen molar-refractivity contribution in [1.29, 1.82) is 0 Å². The zero-order valence-electron chi connectivity index (χ0n) is 16.5. The van der Waals surface area contributed by atoms with E-state index in [9.17, 15) is 4.79 Å². The normalized spacial score (nSPS) is 21.8. The summed E-state index contributed by atoms with van der Waals surface area (Å²) in [6.45, 7) is 3.18. The Morgan fingerprint density at radius 1 is 1.25 bits per heavy atom. The molecule has 0 saturated carbocycles. The van der Waals surface area contributed by atoms with Gasteiger partial charge in [-0.2, -0.15) is 0 Å². The fourth-order valence-corrected chi connectivity index (χ4v) is 4.42. The summed E-state index contributed by atoms with van der Waals surface area (Å²) >= 11 is 0. The molecule has 1 spiro atoms. The number of benzene rings is 1. The summed E-state index contributed by atoms with van der Waals surface area (Å²) in [5, 5.41) is 0. The van der Waals surface area contributed by atoms with Gasteiger partial charge in [-0.3, -0.25) is 14.7 Å². The number of aromatic nitrogens is 2. The van der Waals surface area contributed by atoms with E-state index in [0.717, 1.165) is 38.8 Å². The molecule has 1 aromatic carbocycles. The molecule has 2 aromatic rings. The molecule has 0 aliphatic carbocycles. The first-order valence-corrected chi connectivity index (χ1v) is 10.1. The van der Waals surface area contributed by atoms with Crippen LogP contribution in [0.2, 0.25) is 0 Å². The van der Waals surface area contributed by atoms with Gasteiger partial charge >= 0.3 is 0 Å². The first-order valence-electron chi connectivity index (χ1n) is 10.1. The highest BCUT2D eigenvalue weighted by Gasteiger charge is 2.42. The fourth-order valence-electron chi connectivity index (χ4n) is 4.42. The Kier molecular flexibility index (Phi) is 5.69. The van der Waals surface area contributed by atoms with Gasteiger partial charge in [0.25, 0.3) is 5.91 Å². The minimum absolute atomic E-state index is 0.0310. The van der Waals surface area contributed by atoms with E-state index in [1.165, 1.54) is 5.56 Å². The number of piperidine rings is 1. The number of hydrogen-bond donors (Lipinski definition) is 0. The number of nitrogens with zero attached hydrogens (tertiary/aromatic N) is 4. The molecule has 2 aliphatic heterocycles. The largest absolute Gasteiger partial charge is 0.375 e. The number of likely N-dealkylation sites (tertiary alicyclic amines) is 1. The number of amides is 1. The van der Waals surface area contributed by atoms with Crippen LogP contribution >= 0.6 is 0 Å². The summed E-state index contributed by atoms with van der Waals surface area (Å²) in [4.78, 5) is 25.1. The van der Waals surface area contributed by atoms with E-state index in [1.807, 2.05) is 4.90 Å². The van der Waals surface area contributed by atoms with E-state index in [1.54, 1.807) is 18.6 Å². The second-order valence-electron chi connectivity index (χ2n) is 7.96. The maximum absolute atomic E-state index is 12.6. The Bertz CT molecular complexity index is 776. The summed E-state index contributed by atoms with van der Waals surface area (Å²) in [6.07, 6.45) is 8.55. The summed E-state index contributed by atoms with van der Waals surface area (Å²) < 4.78 is 6.28. The van der Waals surface area contributed by atoms with Gasteiger partial charge in [0.1, 0.15) is 5.69 Å². The molecule has 148 valence electrons. The molecule has 2 fully saturated rings. The van der Waals surface area contributed by atoms with Crippen LogP contribution in [-0.4, -0.2) is 64.1 Å². The van der Waals surface area contributed by atoms with E-state index in [2.05, 4.69) is 52.2 Å². The van der Waals surface area contributed by atoms with Crippen molar-refractivity contribution >= 4 is 5.91 Å². The van der Waals surface area contributed by atoms with Crippen LogP contribution in [0.1, 0.15) is 41.7 Å². The van der Waals surface area contributed by atoms with Crippen molar-refractivity contribution in [3.63, 3.8) is 0 Å². The third kappa shape index (κ3) is 4.23. The number of rotatable bonds is 4. The molecule has 0 N–H and O–H groups in total. The Hall–Kier alpha value is -2.31. The number of carbonyl (C=O) groups excluding carboxylic acids is 1. The van der Waals surface area contributed by atoms with Crippen LogP contribution in [0.4, 0.5) is 0 Å². The number of ether oxygens (including phenoxy) is 1.